The summed E-state index contributed by atoms with van der Waals surface area (Å²) in [5.74, 6) is 0.552. The van der Waals surface area contributed by atoms with Gasteiger partial charge in [0.05, 0.1) is 13.2 Å². The lowest BCUT2D eigenvalue weighted by molar-refractivity contribution is 0.181. The van der Waals surface area contributed by atoms with Crippen molar-refractivity contribution in [3.05, 3.63) is 58.9 Å². The van der Waals surface area contributed by atoms with E-state index in [9.17, 15) is 10.2 Å². The average Bonchev–Trinajstić information content (AvgIpc) is 3.18. The van der Waals surface area contributed by atoms with Gasteiger partial charge in [0.15, 0.2) is 0 Å². The summed E-state index contributed by atoms with van der Waals surface area (Å²) in [6.07, 6.45) is 2.18. The normalized spacial score (nSPS) is 18.0. The number of phenolic OH excluding ortho intramolecular Hbond substituents is 1. The lowest BCUT2D eigenvalue weighted by Crippen LogP contribution is -2.48. The van der Waals surface area contributed by atoms with E-state index in [0.29, 0.717) is 17.9 Å². The van der Waals surface area contributed by atoms with Gasteiger partial charge in [-0.15, -0.1) is 10.2 Å². The number of hydrogen-bond acceptors (Lipinski definition) is 6. The molecule has 0 unspecified atom stereocenters. The smallest absolute Gasteiger partial charge is 0.248 e. The first-order valence-electron chi connectivity index (χ1n) is 8.58. The first-order chi connectivity index (χ1) is 13.0. The summed E-state index contributed by atoms with van der Waals surface area (Å²) in [5.41, 5.74) is 9.41. The molecule has 28 heavy (non-hydrogen) atoms. The summed E-state index contributed by atoms with van der Waals surface area (Å²) in [7, 11) is 0. The van der Waals surface area contributed by atoms with Gasteiger partial charge < -0.3 is 20.4 Å². The van der Waals surface area contributed by atoms with E-state index < -0.39 is 5.54 Å². The van der Waals surface area contributed by atoms with E-state index in [1.165, 1.54) is 17.7 Å². The Kier molecular flexibility index (Phi) is 5.42. The number of nitrogens with two attached hydrogens (primary N) is 1. The largest absolute Gasteiger partial charge is 0.519 e. The summed E-state index contributed by atoms with van der Waals surface area (Å²) in [6, 6.07) is 10.5. The quantitative estimate of drug-likeness (QED) is 0.587. The minimum Gasteiger partial charge on any atom is -0.519 e. The van der Waals surface area contributed by atoms with Crippen LogP contribution in [-0.2, 0) is 12.8 Å². The van der Waals surface area contributed by atoms with Gasteiger partial charge in [-0.2, -0.15) is 13.5 Å². The summed E-state index contributed by atoms with van der Waals surface area (Å²) in [6.45, 7) is 7.04. The van der Waals surface area contributed by atoms with Crippen LogP contribution in [0.15, 0.2) is 40.8 Å². The Morgan fingerprint density at radius 2 is 1.79 bits per heavy atom. The maximum absolute atomic E-state index is 9.63. The highest BCUT2D eigenvalue weighted by molar-refractivity contribution is 7.59. The van der Waals surface area contributed by atoms with Crippen molar-refractivity contribution in [1.29, 1.82) is 0 Å². The molecule has 0 radical (unpaired) electrons. The Morgan fingerprint density at radius 1 is 1.11 bits per heavy atom. The lowest BCUT2D eigenvalue weighted by Gasteiger charge is -2.33. The summed E-state index contributed by atoms with van der Waals surface area (Å²) in [4.78, 5) is 3.27. The van der Waals surface area contributed by atoms with Gasteiger partial charge in [-0.25, -0.2) is 4.85 Å². The molecule has 2 aromatic carbocycles. The van der Waals surface area contributed by atoms with Gasteiger partial charge in [-0.05, 0) is 60.7 Å². The molecule has 0 bridgehead atoms. The van der Waals surface area contributed by atoms with Crippen LogP contribution in [0.2, 0.25) is 0 Å². The molecule has 1 heterocycles. The molecule has 144 valence electrons. The Labute approximate surface area is 169 Å². The van der Waals surface area contributed by atoms with Crippen molar-refractivity contribution in [2.45, 2.75) is 24.8 Å². The fourth-order valence-corrected chi connectivity index (χ4v) is 3.36. The molecule has 8 heteroatoms. The van der Waals surface area contributed by atoms with Crippen molar-refractivity contribution in [1.82, 2.24) is 10.2 Å². The van der Waals surface area contributed by atoms with Crippen LogP contribution in [0.25, 0.3) is 27.8 Å². The number of phenols is 1. The summed E-state index contributed by atoms with van der Waals surface area (Å²) in [5, 5.41) is 27.3. The Morgan fingerprint density at radius 3 is 2.46 bits per heavy atom. The number of aromatic nitrogens is 2. The van der Waals surface area contributed by atoms with Crippen molar-refractivity contribution in [3.8, 4) is 28.7 Å². The number of aliphatic hydroxyl groups excluding tert-OH is 1. The molecule has 1 atom stereocenters. The molecular weight excluding hydrogens is 376 g/mol. The molecule has 7 nitrogen and oxygen atoms in total. The van der Waals surface area contributed by atoms with E-state index in [0.717, 1.165) is 24.0 Å². The average molecular weight is 396 g/mol. The molecule has 4 N–H and O–H groups in total. The zero-order chi connectivity index (χ0) is 19.0. The van der Waals surface area contributed by atoms with Crippen LogP contribution in [0.5, 0.6) is 5.75 Å². The zero-order valence-corrected chi connectivity index (χ0v) is 16.0. The monoisotopic (exact) mass is 396 g/mol. The Balaban J connectivity index is 0.00000225. The second kappa shape index (κ2) is 7.64. The van der Waals surface area contributed by atoms with Gasteiger partial charge >= 0.3 is 0 Å². The molecular formula is C20H20N4O3S. The molecule has 0 fully saturated rings. The first-order valence-corrected chi connectivity index (χ1v) is 8.58. The van der Waals surface area contributed by atoms with Crippen LogP contribution in [0.1, 0.15) is 17.5 Å². The van der Waals surface area contributed by atoms with Gasteiger partial charge in [0.2, 0.25) is 17.5 Å². The van der Waals surface area contributed by atoms with E-state index >= 15 is 0 Å². The van der Waals surface area contributed by atoms with Crippen molar-refractivity contribution in [2.24, 2.45) is 5.73 Å². The van der Waals surface area contributed by atoms with Crippen LogP contribution < -0.4 is 5.73 Å². The predicted octanol–water partition coefficient (Wildman–Crippen LogP) is 2.95. The third-order valence-electron chi connectivity index (χ3n) is 4.97. The van der Waals surface area contributed by atoms with E-state index in [2.05, 4.69) is 15.0 Å². The molecule has 3 aromatic rings. The predicted molar refractivity (Wildman–Crippen MR) is 110 cm³/mol. The van der Waals surface area contributed by atoms with E-state index in [1.54, 1.807) is 6.07 Å². The highest BCUT2D eigenvalue weighted by Crippen LogP contribution is 2.34. The van der Waals surface area contributed by atoms with Crippen molar-refractivity contribution in [3.63, 3.8) is 0 Å². The third kappa shape index (κ3) is 3.60. The second-order valence-electron chi connectivity index (χ2n) is 6.91. The lowest BCUT2D eigenvalue weighted by atomic mass is 9.78. The van der Waals surface area contributed by atoms with E-state index in [4.69, 9.17) is 16.7 Å². The highest BCUT2D eigenvalue weighted by Gasteiger charge is 2.30. The molecule has 0 spiro atoms. The van der Waals surface area contributed by atoms with E-state index in [1.807, 2.05) is 18.2 Å². The van der Waals surface area contributed by atoms with Crippen LogP contribution in [0.3, 0.4) is 0 Å². The van der Waals surface area contributed by atoms with Gasteiger partial charge in [-0.3, -0.25) is 0 Å². The number of aromatic hydroxyl groups is 1. The first kappa shape index (κ1) is 19.9. The van der Waals surface area contributed by atoms with Gasteiger partial charge in [0.1, 0.15) is 5.75 Å². The number of aryl methyl sites for hydroxylation is 1. The van der Waals surface area contributed by atoms with Gasteiger partial charge in [0.25, 0.3) is 0 Å². The van der Waals surface area contributed by atoms with Crippen LogP contribution in [0, 0.1) is 6.57 Å². The third-order valence-corrected chi connectivity index (χ3v) is 4.97. The Hall–Kier alpha value is -2.86. The molecule has 1 aliphatic rings. The van der Waals surface area contributed by atoms with Crippen LogP contribution in [-0.4, -0.2) is 32.6 Å². The van der Waals surface area contributed by atoms with Crippen LogP contribution in [0.4, 0.5) is 5.69 Å². The van der Waals surface area contributed by atoms with Gasteiger partial charge in [0, 0.05) is 16.7 Å². The standard InChI is InChI=1S/C20H18N4O3.H2S/c1-22-16-9-14(4-5-17(16)26)19-24-23-18(27-19)13-3-2-12-6-7-20(21,11-25)10-15(12)8-13;/h2-5,8-9,25-26H,6-7,10-11,21H2;1H2/t20-;/m0./s1. The number of nitrogens with zero attached hydrogens (tertiary/aromatic N) is 3. The maximum Gasteiger partial charge on any atom is 0.248 e. The topological polar surface area (TPSA) is 110 Å². The minimum atomic E-state index is -0.589. The highest BCUT2D eigenvalue weighted by atomic mass is 32.1. The molecule has 4 rings (SSSR count). The number of aliphatic hydroxyl groups is 1. The van der Waals surface area contributed by atoms with Crippen molar-refractivity contribution < 1.29 is 14.6 Å². The molecule has 1 aliphatic carbocycles. The number of benzene rings is 2. The van der Waals surface area contributed by atoms with Crippen LogP contribution >= 0.6 is 13.5 Å². The number of rotatable bonds is 3. The van der Waals surface area contributed by atoms with Gasteiger partial charge in [-0.1, -0.05) is 6.07 Å². The number of hydrogen-bond donors (Lipinski definition) is 3. The molecule has 0 saturated heterocycles. The second-order valence-corrected chi connectivity index (χ2v) is 6.91. The zero-order valence-electron chi connectivity index (χ0n) is 15.0. The number of fused-ring (bicyclic) bond motifs is 1. The van der Waals surface area contributed by atoms with E-state index in [-0.39, 0.29) is 37.4 Å². The minimum absolute atomic E-state index is 0. The van der Waals surface area contributed by atoms with Crippen molar-refractivity contribution >= 4 is 19.2 Å². The molecule has 0 aliphatic heterocycles. The van der Waals surface area contributed by atoms with Crippen molar-refractivity contribution in [2.75, 3.05) is 6.61 Å². The summed E-state index contributed by atoms with van der Waals surface area (Å²) < 4.78 is 5.78. The summed E-state index contributed by atoms with van der Waals surface area (Å²) >= 11 is 0. The fraction of sp³-hybridized carbons (Fsp3) is 0.250. The fourth-order valence-electron chi connectivity index (χ4n) is 3.36. The maximum atomic E-state index is 9.63. The molecule has 0 saturated carbocycles. The SMILES string of the molecule is S.[C-]#[N+]c1cc(-c2nnc(-c3ccc4c(c3)C[C@](N)(CO)CC4)o2)ccc1O. The Bertz CT molecular complexity index is 1060. The molecule has 1 aromatic heterocycles. The molecule has 0 amide bonds.